The van der Waals surface area contributed by atoms with Gasteiger partial charge in [-0.2, -0.15) is 0 Å². The lowest BCUT2D eigenvalue weighted by Gasteiger charge is -2.19. The molecule has 0 aromatic rings. The van der Waals surface area contributed by atoms with Crippen molar-refractivity contribution in [3.8, 4) is 0 Å². The lowest BCUT2D eigenvalue weighted by Crippen LogP contribution is -2.36. The highest BCUT2D eigenvalue weighted by Crippen LogP contribution is 2.07. The van der Waals surface area contributed by atoms with Crippen molar-refractivity contribution in [2.45, 2.75) is 40.2 Å². The first-order chi connectivity index (χ1) is 12.1. The molecule has 0 fully saturated rings. The number of hydrogen-bond donors (Lipinski definition) is 3. The van der Waals surface area contributed by atoms with E-state index in [1.807, 2.05) is 0 Å². The number of ether oxygens (including phenoxy) is 2. The van der Waals surface area contributed by atoms with E-state index >= 15 is 0 Å². The molecule has 0 rings (SSSR count). The van der Waals surface area contributed by atoms with Crippen LogP contribution in [0.5, 0.6) is 0 Å². The summed E-state index contributed by atoms with van der Waals surface area (Å²) in [6.45, 7) is 8.38. The van der Waals surface area contributed by atoms with E-state index in [1.54, 1.807) is 58.9 Å². The monoisotopic (exact) mass is 372 g/mol. The second-order valence-electron chi connectivity index (χ2n) is 6.10. The van der Waals surface area contributed by atoms with Crippen molar-refractivity contribution in [1.82, 2.24) is 10.7 Å². The van der Waals surface area contributed by atoms with Gasteiger partial charge >= 0.3 is 12.1 Å². The predicted molar refractivity (Wildman–Crippen MR) is 93.2 cm³/mol. The fourth-order valence-corrected chi connectivity index (χ4v) is 1.48. The molecule has 0 spiro atoms. The SMILES string of the molecule is C\C=C(/C=C\C(=C/C)CON(O)O)COC(=O)CNC(=O)OC(C)(C)C. The Kier molecular flexibility index (Phi) is 11.2. The molecule has 3 N–H and O–H groups in total. The number of carbonyl (C=O) groups excluding carboxylic acids is 2. The second kappa shape index (κ2) is 12.2. The average molecular weight is 372 g/mol. The van der Waals surface area contributed by atoms with E-state index < -0.39 is 17.7 Å². The Morgan fingerprint density at radius 2 is 1.58 bits per heavy atom. The lowest BCUT2D eigenvalue weighted by atomic mass is 10.2. The van der Waals surface area contributed by atoms with Crippen LogP contribution in [0.15, 0.2) is 35.5 Å². The Balaban J connectivity index is 4.34. The van der Waals surface area contributed by atoms with E-state index in [9.17, 15) is 9.59 Å². The fraction of sp³-hybridized carbons (Fsp3) is 0.529. The number of carbonyl (C=O) groups is 2. The van der Waals surface area contributed by atoms with Crippen LogP contribution in [0.3, 0.4) is 0 Å². The van der Waals surface area contributed by atoms with Gasteiger partial charge in [0.25, 0.3) is 0 Å². The zero-order valence-corrected chi connectivity index (χ0v) is 15.8. The minimum atomic E-state index is -0.694. The number of amides is 1. The Bertz CT molecular complexity index is 546. The summed E-state index contributed by atoms with van der Waals surface area (Å²) in [5.74, 6) is -0.602. The summed E-state index contributed by atoms with van der Waals surface area (Å²) in [5, 5.41) is 19.0. The summed E-state index contributed by atoms with van der Waals surface area (Å²) in [6, 6.07) is 0. The Morgan fingerprint density at radius 3 is 2.04 bits per heavy atom. The van der Waals surface area contributed by atoms with Gasteiger partial charge in [0.15, 0.2) is 0 Å². The summed E-state index contributed by atoms with van der Waals surface area (Å²) < 4.78 is 10.1. The number of alkyl carbamates (subject to hydrolysis) is 1. The first-order valence-electron chi connectivity index (χ1n) is 7.99. The maximum atomic E-state index is 11.7. The van der Waals surface area contributed by atoms with Crippen molar-refractivity contribution in [3.63, 3.8) is 0 Å². The van der Waals surface area contributed by atoms with Crippen LogP contribution < -0.4 is 5.32 Å². The molecule has 9 nitrogen and oxygen atoms in total. The molecule has 26 heavy (non-hydrogen) atoms. The molecule has 0 aromatic heterocycles. The van der Waals surface area contributed by atoms with Gasteiger partial charge in [0.1, 0.15) is 18.8 Å². The highest BCUT2D eigenvalue weighted by molar-refractivity contribution is 5.78. The van der Waals surface area contributed by atoms with Crippen molar-refractivity contribution >= 4 is 12.1 Å². The highest BCUT2D eigenvalue weighted by atomic mass is 17.1. The molecule has 0 unspecified atom stereocenters. The van der Waals surface area contributed by atoms with Gasteiger partial charge in [-0.1, -0.05) is 24.3 Å². The second-order valence-corrected chi connectivity index (χ2v) is 6.10. The van der Waals surface area contributed by atoms with Crippen LogP contribution in [0.1, 0.15) is 34.6 Å². The number of nitrogens with one attached hydrogen (secondary N) is 1. The minimum Gasteiger partial charge on any atom is -0.460 e. The Hall–Kier alpha value is -2.20. The lowest BCUT2D eigenvalue weighted by molar-refractivity contribution is -0.489. The van der Waals surface area contributed by atoms with Gasteiger partial charge in [-0.3, -0.25) is 15.2 Å². The van der Waals surface area contributed by atoms with Crippen molar-refractivity contribution in [2.24, 2.45) is 0 Å². The molecule has 0 bridgehead atoms. The van der Waals surface area contributed by atoms with Crippen LogP contribution in [0, 0.1) is 0 Å². The van der Waals surface area contributed by atoms with Gasteiger partial charge in [-0.15, -0.1) is 0 Å². The zero-order chi connectivity index (χ0) is 20.2. The molecule has 0 atom stereocenters. The standard InChI is InChI=1S/C17H28N2O7/c1-6-13(8-9-14(7-2)12-25-19(22)23)11-24-15(20)10-18-16(21)26-17(3,4)5/h6-9,22-23H,10-12H2,1-5H3,(H,18,21)/b9-8-,13-6+,14-7+. The molecule has 0 aliphatic heterocycles. The quantitative estimate of drug-likeness (QED) is 0.321. The van der Waals surface area contributed by atoms with Crippen molar-refractivity contribution in [1.29, 1.82) is 0 Å². The first kappa shape index (κ1) is 23.8. The molecule has 0 saturated heterocycles. The third-order valence-corrected chi connectivity index (χ3v) is 2.78. The molecule has 0 aliphatic carbocycles. The van der Waals surface area contributed by atoms with Gasteiger partial charge in [-0.25, -0.2) is 9.63 Å². The van der Waals surface area contributed by atoms with Gasteiger partial charge in [0, 0.05) is 0 Å². The van der Waals surface area contributed by atoms with E-state index in [2.05, 4.69) is 10.2 Å². The van der Waals surface area contributed by atoms with Crippen molar-refractivity contribution in [3.05, 3.63) is 35.5 Å². The Labute approximate surface area is 153 Å². The molecule has 148 valence electrons. The molecule has 0 heterocycles. The zero-order valence-electron chi connectivity index (χ0n) is 15.8. The third-order valence-electron chi connectivity index (χ3n) is 2.78. The van der Waals surface area contributed by atoms with Crippen LogP contribution in [0.25, 0.3) is 0 Å². The van der Waals surface area contributed by atoms with Crippen LogP contribution in [-0.2, 0) is 19.1 Å². The molecule has 0 aromatic carbocycles. The summed E-state index contributed by atoms with van der Waals surface area (Å²) >= 11 is 0. The predicted octanol–water partition coefficient (Wildman–Crippen LogP) is 2.52. The smallest absolute Gasteiger partial charge is 0.408 e. The molecule has 9 heteroatoms. The summed E-state index contributed by atoms with van der Waals surface area (Å²) in [5.41, 5.74) is 0.740. The number of hydrogen-bond acceptors (Lipinski definition) is 8. The van der Waals surface area contributed by atoms with Crippen LogP contribution in [0.4, 0.5) is 4.79 Å². The third kappa shape index (κ3) is 13.1. The van der Waals surface area contributed by atoms with Crippen molar-refractivity contribution < 1.29 is 34.3 Å². The normalized spacial score (nSPS) is 13.2. The highest BCUT2D eigenvalue weighted by Gasteiger charge is 2.16. The molecule has 0 radical (unpaired) electrons. The Morgan fingerprint density at radius 1 is 1.04 bits per heavy atom. The summed E-state index contributed by atoms with van der Waals surface area (Å²) in [4.78, 5) is 27.6. The van der Waals surface area contributed by atoms with Crippen LogP contribution >= 0.6 is 0 Å². The molecule has 1 amide bonds. The maximum absolute atomic E-state index is 11.7. The largest absolute Gasteiger partial charge is 0.460 e. The number of esters is 1. The number of nitrogens with zero attached hydrogens (tertiary/aromatic N) is 1. The van der Waals surface area contributed by atoms with E-state index in [-0.39, 0.29) is 25.1 Å². The first-order valence-corrected chi connectivity index (χ1v) is 7.99. The molecule has 0 saturated carbocycles. The van der Waals surface area contributed by atoms with Gasteiger partial charge in [0.05, 0.1) is 12.0 Å². The summed E-state index contributed by atoms with van der Waals surface area (Å²) in [6.07, 6.45) is 6.17. The van der Waals surface area contributed by atoms with Crippen LogP contribution in [0.2, 0.25) is 0 Å². The molecular formula is C17H28N2O7. The minimum absolute atomic E-state index is 0.0197. The van der Waals surface area contributed by atoms with E-state index in [0.717, 1.165) is 0 Å². The average Bonchev–Trinajstić information content (AvgIpc) is 2.53. The van der Waals surface area contributed by atoms with E-state index in [0.29, 0.717) is 11.1 Å². The van der Waals surface area contributed by atoms with E-state index in [4.69, 9.17) is 19.9 Å². The summed E-state index contributed by atoms with van der Waals surface area (Å²) in [7, 11) is 0. The van der Waals surface area contributed by atoms with Crippen LogP contribution in [-0.4, -0.2) is 53.2 Å². The fourth-order valence-electron chi connectivity index (χ4n) is 1.48. The number of rotatable bonds is 9. The molecule has 0 aliphatic rings. The topological polar surface area (TPSA) is 118 Å². The van der Waals surface area contributed by atoms with Gasteiger partial charge in [-0.05, 0) is 45.8 Å². The van der Waals surface area contributed by atoms with Gasteiger partial charge < -0.3 is 14.8 Å². The van der Waals surface area contributed by atoms with Crippen molar-refractivity contribution in [2.75, 3.05) is 19.8 Å². The van der Waals surface area contributed by atoms with Gasteiger partial charge in [0.2, 0.25) is 0 Å². The number of allylic oxidation sites excluding steroid dienone is 2. The van der Waals surface area contributed by atoms with E-state index in [1.165, 1.54) is 0 Å². The maximum Gasteiger partial charge on any atom is 0.408 e. The molecular weight excluding hydrogens is 344 g/mol.